The summed E-state index contributed by atoms with van der Waals surface area (Å²) in [5, 5.41) is 6.35. The van der Waals surface area contributed by atoms with E-state index in [9.17, 15) is 8.78 Å². The smallest absolute Gasteiger partial charge is 0.170 e. The Hall–Kier alpha value is -2.50. The Morgan fingerprint density at radius 1 is 1.19 bits per heavy atom. The number of unbranched alkanes of at least 4 members (excludes halogenated alkanes) is 1. The van der Waals surface area contributed by atoms with Crippen molar-refractivity contribution in [2.45, 2.75) is 58.8 Å². The first-order chi connectivity index (χ1) is 13.0. The van der Waals surface area contributed by atoms with Gasteiger partial charge in [0.15, 0.2) is 5.82 Å². The first-order valence-electron chi connectivity index (χ1n) is 9.44. The molecule has 0 radical (unpaired) electrons. The highest BCUT2D eigenvalue weighted by molar-refractivity contribution is 5.46. The van der Waals surface area contributed by atoms with Gasteiger partial charge >= 0.3 is 0 Å². The number of nitrogens with zero attached hydrogens (tertiary/aromatic N) is 2. The first kappa shape index (κ1) is 20.8. The van der Waals surface area contributed by atoms with Crippen molar-refractivity contribution in [2.75, 3.05) is 0 Å². The summed E-state index contributed by atoms with van der Waals surface area (Å²) in [7, 11) is 0. The van der Waals surface area contributed by atoms with E-state index in [1.165, 1.54) is 12.1 Å². The molecule has 0 aliphatic rings. The fourth-order valence-corrected chi connectivity index (χ4v) is 2.98. The molecular formula is C21H28F2N4. The Kier molecular flexibility index (Phi) is 8.17. The molecule has 4 nitrogen and oxygen atoms in total. The first-order valence-corrected chi connectivity index (χ1v) is 9.44. The van der Waals surface area contributed by atoms with Crippen LogP contribution in [0.25, 0.3) is 11.5 Å². The standard InChI is InChI=1S/C21H28F2N4/c1-4-6-7-16(8-9-17(22)5-2)20-15(3)12-13-24-21(27-26-20)19-11-10-18(23)14-25-19/h5,10-14,16,26H,4,6-9H2,1-3H3,(H,24,27). The number of aryl methyl sites for hydroxylation is 1. The highest BCUT2D eigenvalue weighted by Gasteiger charge is 2.15. The van der Waals surface area contributed by atoms with Gasteiger partial charge in [0.2, 0.25) is 0 Å². The Morgan fingerprint density at radius 2 is 2.00 bits per heavy atom. The Labute approximate surface area is 159 Å². The zero-order chi connectivity index (χ0) is 19.6. The van der Waals surface area contributed by atoms with Crippen LogP contribution < -0.4 is 0 Å². The fraction of sp³-hybridized carbons (Fsp3) is 0.429. The van der Waals surface area contributed by atoms with E-state index in [0.29, 0.717) is 17.9 Å². The van der Waals surface area contributed by atoms with Gasteiger partial charge in [-0.2, -0.15) is 0 Å². The number of halogens is 2. The number of hydrogen-bond donors (Lipinski definition) is 2. The van der Waals surface area contributed by atoms with Gasteiger partial charge in [0.25, 0.3) is 0 Å². The number of pyridine rings is 1. The summed E-state index contributed by atoms with van der Waals surface area (Å²) < 4.78 is 26.8. The Morgan fingerprint density at radius 3 is 2.67 bits per heavy atom. The molecule has 2 heterocycles. The molecule has 2 aromatic rings. The minimum absolute atomic E-state index is 0.0816. The molecule has 0 amide bonds. The van der Waals surface area contributed by atoms with E-state index >= 15 is 0 Å². The maximum atomic E-state index is 13.7. The third-order valence-electron chi connectivity index (χ3n) is 4.60. The van der Waals surface area contributed by atoms with Crippen LogP contribution in [0.15, 0.2) is 42.5 Å². The molecule has 2 N–H and O–H groups in total. The molecule has 0 saturated carbocycles. The molecule has 6 heteroatoms. The monoisotopic (exact) mass is 374 g/mol. The SMILES string of the molecule is CC=C(F)CCC(CCCC)c1[nH][nH]c(-c2ccc(F)cn2)nccc1C. The van der Waals surface area contributed by atoms with Crippen molar-refractivity contribution in [3.63, 3.8) is 0 Å². The molecule has 27 heavy (non-hydrogen) atoms. The van der Waals surface area contributed by atoms with E-state index in [2.05, 4.69) is 27.1 Å². The van der Waals surface area contributed by atoms with Gasteiger partial charge in [-0.3, -0.25) is 5.10 Å². The van der Waals surface area contributed by atoms with Crippen molar-refractivity contribution >= 4 is 0 Å². The van der Waals surface area contributed by atoms with Crippen molar-refractivity contribution < 1.29 is 8.78 Å². The highest BCUT2D eigenvalue weighted by atomic mass is 19.1. The number of aromatic nitrogens is 4. The second-order valence-electron chi connectivity index (χ2n) is 6.62. The molecule has 2 rings (SSSR count). The normalized spacial score (nSPS) is 12.7. The van der Waals surface area contributed by atoms with E-state index in [1.807, 2.05) is 13.0 Å². The summed E-state index contributed by atoms with van der Waals surface area (Å²) in [5.41, 5.74) is 2.62. The summed E-state index contributed by atoms with van der Waals surface area (Å²) >= 11 is 0. The van der Waals surface area contributed by atoms with Crippen LogP contribution in [0.4, 0.5) is 8.78 Å². The van der Waals surface area contributed by atoms with Crippen LogP contribution in [0.3, 0.4) is 0 Å². The van der Waals surface area contributed by atoms with Gasteiger partial charge in [-0.15, -0.1) is 0 Å². The van der Waals surface area contributed by atoms with Gasteiger partial charge in [0.1, 0.15) is 11.5 Å². The van der Waals surface area contributed by atoms with Crippen LogP contribution in [0.1, 0.15) is 63.1 Å². The van der Waals surface area contributed by atoms with Gasteiger partial charge in [0.05, 0.1) is 12.0 Å². The third-order valence-corrected chi connectivity index (χ3v) is 4.60. The maximum Gasteiger partial charge on any atom is 0.170 e. The number of aromatic amines is 2. The molecule has 0 aromatic carbocycles. The maximum absolute atomic E-state index is 13.7. The minimum atomic E-state index is -0.393. The number of rotatable bonds is 8. The topological polar surface area (TPSA) is 57.4 Å². The number of H-pyrrole nitrogens is 2. The lowest BCUT2D eigenvalue weighted by Gasteiger charge is -2.18. The molecule has 0 aliphatic heterocycles. The minimum Gasteiger partial charge on any atom is -0.303 e. The van der Waals surface area contributed by atoms with E-state index in [1.54, 1.807) is 19.2 Å². The average Bonchev–Trinajstić information content (AvgIpc) is 2.66. The quantitative estimate of drug-likeness (QED) is 0.570. The predicted molar refractivity (Wildman–Crippen MR) is 105 cm³/mol. The van der Waals surface area contributed by atoms with E-state index in [4.69, 9.17) is 0 Å². The summed E-state index contributed by atoms with van der Waals surface area (Å²) in [5.74, 6) is 0.232. The van der Waals surface area contributed by atoms with Crippen molar-refractivity contribution in [2.24, 2.45) is 0 Å². The zero-order valence-electron chi connectivity index (χ0n) is 16.2. The second-order valence-corrected chi connectivity index (χ2v) is 6.62. The van der Waals surface area contributed by atoms with E-state index < -0.39 is 5.82 Å². The van der Waals surface area contributed by atoms with Crippen LogP contribution in [-0.2, 0) is 0 Å². The number of nitrogens with one attached hydrogen (secondary N) is 2. The van der Waals surface area contributed by atoms with E-state index in [-0.39, 0.29) is 11.7 Å². The van der Waals surface area contributed by atoms with Crippen LogP contribution >= 0.6 is 0 Å². The second kappa shape index (κ2) is 10.6. The van der Waals surface area contributed by atoms with E-state index in [0.717, 1.165) is 43.1 Å². The molecule has 1 unspecified atom stereocenters. The molecule has 146 valence electrons. The summed E-state index contributed by atoms with van der Waals surface area (Å²) in [6, 6.07) is 4.85. The van der Waals surface area contributed by atoms with Gasteiger partial charge in [-0.1, -0.05) is 25.8 Å². The van der Waals surface area contributed by atoms with Crippen LogP contribution in [-0.4, -0.2) is 20.2 Å². The summed E-state index contributed by atoms with van der Waals surface area (Å²) in [4.78, 5) is 8.42. The molecule has 0 saturated heterocycles. The molecule has 0 spiro atoms. The lowest BCUT2D eigenvalue weighted by atomic mass is 9.91. The van der Waals surface area contributed by atoms with Crippen LogP contribution in [0.5, 0.6) is 0 Å². The Balaban J connectivity index is 2.38. The van der Waals surface area contributed by atoms with Gasteiger partial charge in [-0.25, -0.2) is 18.7 Å². The lowest BCUT2D eigenvalue weighted by Crippen LogP contribution is -2.06. The third kappa shape index (κ3) is 6.31. The van der Waals surface area contributed by atoms with Crippen molar-refractivity contribution in [3.05, 3.63) is 59.6 Å². The average molecular weight is 374 g/mol. The molecule has 0 bridgehead atoms. The van der Waals surface area contributed by atoms with Crippen LogP contribution in [0.2, 0.25) is 0 Å². The van der Waals surface area contributed by atoms with Gasteiger partial charge in [-0.05, 0) is 56.9 Å². The summed E-state index contributed by atoms with van der Waals surface area (Å²) in [6.07, 6.45) is 8.67. The molecule has 0 aliphatic carbocycles. The highest BCUT2D eigenvalue weighted by Crippen LogP contribution is 2.29. The molecular weight excluding hydrogens is 346 g/mol. The fourth-order valence-electron chi connectivity index (χ4n) is 2.98. The van der Waals surface area contributed by atoms with Gasteiger partial charge < -0.3 is 5.10 Å². The zero-order valence-corrected chi connectivity index (χ0v) is 16.2. The molecule has 0 fully saturated rings. The van der Waals surface area contributed by atoms with Crippen molar-refractivity contribution in [1.29, 1.82) is 0 Å². The lowest BCUT2D eigenvalue weighted by molar-refractivity contribution is 0.490. The number of hydrogen-bond acceptors (Lipinski definition) is 2. The largest absolute Gasteiger partial charge is 0.303 e. The van der Waals surface area contributed by atoms with Gasteiger partial charge in [0, 0.05) is 17.8 Å². The summed E-state index contributed by atoms with van der Waals surface area (Å²) in [6.45, 7) is 5.89. The number of allylic oxidation sites excluding steroid dienone is 2. The van der Waals surface area contributed by atoms with Crippen molar-refractivity contribution in [1.82, 2.24) is 20.2 Å². The predicted octanol–water partition coefficient (Wildman–Crippen LogP) is 6.30. The molecule has 1 atom stereocenters. The van der Waals surface area contributed by atoms with Crippen LogP contribution in [0, 0.1) is 12.7 Å². The van der Waals surface area contributed by atoms with Crippen molar-refractivity contribution in [3.8, 4) is 11.5 Å². The molecule has 2 aromatic heterocycles. The Bertz CT molecular complexity index is 789.